The molecule has 0 radical (unpaired) electrons. The second-order valence-corrected chi connectivity index (χ2v) is 7.62. The Hall–Kier alpha value is -3.12. The quantitative estimate of drug-likeness (QED) is 0.672. The Morgan fingerprint density at radius 3 is 2.47 bits per heavy atom. The normalized spacial score (nSPS) is 14.7. The van der Waals surface area contributed by atoms with Gasteiger partial charge in [-0.25, -0.2) is 4.39 Å². The predicted octanol–water partition coefficient (Wildman–Crippen LogP) is 3.98. The summed E-state index contributed by atoms with van der Waals surface area (Å²) in [7, 11) is 0. The van der Waals surface area contributed by atoms with Crippen molar-refractivity contribution in [2.45, 2.75) is 20.0 Å². The fourth-order valence-corrected chi connectivity index (χ4v) is 3.74. The van der Waals surface area contributed by atoms with Gasteiger partial charge >= 0.3 is 0 Å². The smallest absolute Gasteiger partial charge is 0.287 e. The van der Waals surface area contributed by atoms with Crippen molar-refractivity contribution < 1.29 is 13.6 Å². The van der Waals surface area contributed by atoms with Crippen molar-refractivity contribution in [2.24, 2.45) is 0 Å². The summed E-state index contributed by atoms with van der Waals surface area (Å²) in [6, 6.07) is 18.1. The average molecular weight is 407 g/mol. The second kappa shape index (κ2) is 9.13. The highest BCUT2D eigenvalue weighted by Gasteiger charge is 2.20. The molecule has 5 nitrogen and oxygen atoms in total. The first-order chi connectivity index (χ1) is 14.6. The number of furan rings is 1. The number of carbonyl (C=O) groups excluding carboxylic acids is 1. The number of para-hydroxylation sites is 1. The number of benzene rings is 2. The van der Waals surface area contributed by atoms with E-state index in [-0.39, 0.29) is 11.7 Å². The number of rotatable bonds is 6. The number of piperazine rings is 1. The summed E-state index contributed by atoms with van der Waals surface area (Å²) in [5.74, 6) is 0.521. The van der Waals surface area contributed by atoms with Crippen LogP contribution in [0.5, 0.6) is 0 Å². The van der Waals surface area contributed by atoms with Gasteiger partial charge in [0.1, 0.15) is 11.6 Å². The van der Waals surface area contributed by atoms with Crippen LogP contribution in [0.3, 0.4) is 0 Å². The molecule has 1 N–H and O–H groups in total. The van der Waals surface area contributed by atoms with Crippen LogP contribution in [0.4, 0.5) is 10.1 Å². The summed E-state index contributed by atoms with van der Waals surface area (Å²) >= 11 is 0. The van der Waals surface area contributed by atoms with Gasteiger partial charge in [-0.15, -0.1) is 0 Å². The summed E-state index contributed by atoms with van der Waals surface area (Å²) in [4.78, 5) is 17.1. The lowest BCUT2D eigenvalue weighted by atomic mass is 10.1. The molecule has 0 spiro atoms. The minimum atomic E-state index is -0.291. The van der Waals surface area contributed by atoms with E-state index in [2.05, 4.69) is 46.3 Å². The Labute approximate surface area is 176 Å². The third kappa shape index (κ3) is 4.89. The van der Waals surface area contributed by atoms with Gasteiger partial charge in [-0.1, -0.05) is 30.3 Å². The highest BCUT2D eigenvalue weighted by atomic mass is 19.1. The van der Waals surface area contributed by atoms with Crippen molar-refractivity contribution in [3.8, 4) is 0 Å². The van der Waals surface area contributed by atoms with E-state index < -0.39 is 0 Å². The van der Waals surface area contributed by atoms with E-state index in [9.17, 15) is 9.18 Å². The first-order valence-electron chi connectivity index (χ1n) is 10.2. The van der Waals surface area contributed by atoms with Gasteiger partial charge in [0.05, 0.1) is 6.54 Å². The Morgan fingerprint density at radius 1 is 1.00 bits per heavy atom. The van der Waals surface area contributed by atoms with Crippen LogP contribution in [0.2, 0.25) is 0 Å². The van der Waals surface area contributed by atoms with Gasteiger partial charge in [0.2, 0.25) is 0 Å². The number of nitrogens with zero attached hydrogens (tertiary/aromatic N) is 2. The highest BCUT2D eigenvalue weighted by Crippen LogP contribution is 2.21. The molecule has 2 heterocycles. The van der Waals surface area contributed by atoms with Crippen LogP contribution in [0.25, 0.3) is 0 Å². The van der Waals surface area contributed by atoms with Crippen LogP contribution < -0.4 is 10.2 Å². The molecule has 4 rings (SSSR count). The van der Waals surface area contributed by atoms with Crippen LogP contribution in [0.15, 0.2) is 65.1 Å². The largest absolute Gasteiger partial charge is 0.455 e. The lowest BCUT2D eigenvalue weighted by molar-refractivity contribution is 0.0919. The van der Waals surface area contributed by atoms with Gasteiger partial charge in [0, 0.05) is 38.4 Å². The number of anilines is 1. The van der Waals surface area contributed by atoms with E-state index in [0.29, 0.717) is 18.8 Å². The summed E-state index contributed by atoms with van der Waals surface area (Å²) in [5.41, 5.74) is 3.44. The predicted molar refractivity (Wildman–Crippen MR) is 115 cm³/mol. The number of hydrogen-bond acceptors (Lipinski definition) is 4. The van der Waals surface area contributed by atoms with Crippen LogP contribution in [-0.4, -0.2) is 37.0 Å². The van der Waals surface area contributed by atoms with Crippen molar-refractivity contribution in [3.63, 3.8) is 0 Å². The average Bonchev–Trinajstić information content (AvgIpc) is 3.23. The van der Waals surface area contributed by atoms with Gasteiger partial charge in [0.25, 0.3) is 5.91 Å². The van der Waals surface area contributed by atoms with Crippen LogP contribution >= 0.6 is 0 Å². The van der Waals surface area contributed by atoms with Gasteiger partial charge in [-0.05, 0) is 48.4 Å². The van der Waals surface area contributed by atoms with E-state index in [0.717, 1.165) is 37.5 Å². The molecular formula is C24H26FN3O2. The Kier molecular flexibility index (Phi) is 6.14. The first kappa shape index (κ1) is 20.2. The lowest BCUT2D eigenvalue weighted by Crippen LogP contribution is -2.46. The van der Waals surface area contributed by atoms with E-state index in [1.54, 1.807) is 18.2 Å². The molecule has 1 aliphatic rings. The van der Waals surface area contributed by atoms with Gasteiger partial charge in [-0.3, -0.25) is 9.69 Å². The number of aryl methyl sites for hydroxylation is 1. The van der Waals surface area contributed by atoms with E-state index in [1.165, 1.54) is 23.4 Å². The summed E-state index contributed by atoms with van der Waals surface area (Å²) in [5, 5.41) is 2.81. The standard InChI is InChI=1S/C24H26FN3O2/c1-18-4-2-3-5-22(18)28-14-12-27(13-15-28)17-21-10-11-23(30-21)24(29)26-16-19-6-8-20(25)9-7-19/h2-11H,12-17H2,1H3,(H,26,29). The zero-order valence-electron chi connectivity index (χ0n) is 17.1. The minimum Gasteiger partial charge on any atom is -0.455 e. The summed E-state index contributed by atoms with van der Waals surface area (Å²) in [6.07, 6.45) is 0. The lowest BCUT2D eigenvalue weighted by Gasteiger charge is -2.36. The zero-order valence-corrected chi connectivity index (χ0v) is 17.1. The van der Waals surface area contributed by atoms with Gasteiger partial charge in [0.15, 0.2) is 5.76 Å². The van der Waals surface area contributed by atoms with E-state index >= 15 is 0 Å². The zero-order chi connectivity index (χ0) is 20.9. The highest BCUT2D eigenvalue weighted by molar-refractivity contribution is 5.91. The molecule has 0 atom stereocenters. The van der Waals surface area contributed by atoms with Crippen LogP contribution in [-0.2, 0) is 13.1 Å². The number of amides is 1. The maximum absolute atomic E-state index is 13.0. The summed E-state index contributed by atoms with van der Waals surface area (Å²) in [6.45, 7) is 6.99. The number of nitrogens with one attached hydrogen (secondary N) is 1. The van der Waals surface area contributed by atoms with Crippen molar-refractivity contribution >= 4 is 11.6 Å². The molecule has 1 fully saturated rings. The van der Waals surface area contributed by atoms with Crippen molar-refractivity contribution in [2.75, 3.05) is 31.1 Å². The molecule has 1 saturated heterocycles. The minimum absolute atomic E-state index is 0.269. The molecule has 1 aromatic heterocycles. The molecule has 0 saturated carbocycles. The topological polar surface area (TPSA) is 48.7 Å². The van der Waals surface area contributed by atoms with Crippen molar-refractivity contribution in [1.82, 2.24) is 10.2 Å². The molecule has 30 heavy (non-hydrogen) atoms. The molecule has 156 valence electrons. The van der Waals surface area contributed by atoms with Crippen LogP contribution in [0.1, 0.15) is 27.4 Å². The Bertz CT molecular complexity index is 992. The molecule has 1 amide bonds. The second-order valence-electron chi connectivity index (χ2n) is 7.62. The third-order valence-corrected chi connectivity index (χ3v) is 5.46. The van der Waals surface area contributed by atoms with E-state index in [1.807, 2.05) is 6.07 Å². The maximum Gasteiger partial charge on any atom is 0.287 e. The van der Waals surface area contributed by atoms with E-state index in [4.69, 9.17) is 4.42 Å². The fraction of sp³-hybridized carbons (Fsp3) is 0.292. The SMILES string of the molecule is Cc1ccccc1N1CCN(Cc2ccc(C(=O)NCc3ccc(F)cc3)o2)CC1. The molecular weight excluding hydrogens is 381 g/mol. The van der Waals surface area contributed by atoms with Crippen LogP contribution in [0, 0.1) is 12.7 Å². The molecule has 0 unspecified atom stereocenters. The molecule has 3 aromatic rings. The van der Waals surface area contributed by atoms with Crippen molar-refractivity contribution in [1.29, 1.82) is 0 Å². The Morgan fingerprint density at radius 2 is 1.73 bits per heavy atom. The number of halogens is 1. The Balaban J connectivity index is 1.27. The molecule has 0 aliphatic carbocycles. The number of hydrogen-bond donors (Lipinski definition) is 1. The molecule has 6 heteroatoms. The summed E-state index contributed by atoms with van der Waals surface area (Å²) < 4.78 is 18.7. The van der Waals surface area contributed by atoms with Gasteiger partial charge < -0.3 is 14.6 Å². The maximum atomic E-state index is 13.0. The third-order valence-electron chi connectivity index (χ3n) is 5.46. The first-order valence-corrected chi connectivity index (χ1v) is 10.2. The fourth-order valence-electron chi connectivity index (χ4n) is 3.74. The molecule has 1 aliphatic heterocycles. The van der Waals surface area contributed by atoms with Crippen molar-refractivity contribution in [3.05, 3.63) is 89.1 Å². The molecule has 2 aromatic carbocycles. The monoisotopic (exact) mass is 407 g/mol. The molecule has 0 bridgehead atoms. The number of carbonyl (C=O) groups is 1. The van der Waals surface area contributed by atoms with Gasteiger partial charge in [-0.2, -0.15) is 0 Å².